The highest BCUT2D eigenvalue weighted by Gasteiger charge is 2.32. The number of thioether (sulfide) groups is 1. The smallest absolute Gasteiger partial charge is 0.326 e. The highest BCUT2D eigenvalue weighted by molar-refractivity contribution is 7.99. The number of hydrogen-bond acceptors (Lipinski definition) is 4. The van der Waals surface area contributed by atoms with E-state index in [1.165, 1.54) is 7.11 Å². The van der Waals surface area contributed by atoms with E-state index in [2.05, 4.69) is 5.32 Å². The maximum Gasteiger partial charge on any atom is 0.326 e. The molecule has 0 spiro atoms. The largest absolute Gasteiger partial charge is 0.468 e. The molecule has 1 aromatic rings. The number of rotatable bonds is 5. The SMILES string of the molecule is CNC(C)(CSc1ccc(Cl)cc1)C(=O)OC. The van der Waals surface area contributed by atoms with Crippen LogP contribution in [0.25, 0.3) is 0 Å². The molecule has 0 saturated carbocycles. The van der Waals surface area contributed by atoms with Crippen LogP contribution in [0.1, 0.15) is 6.92 Å². The lowest BCUT2D eigenvalue weighted by molar-refractivity contribution is -0.146. The van der Waals surface area contributed by atoms with Crippen molar-refractivity contribution in [3.05, 3.63) is 29.3 Å². The van der Waals surface area contributed by atoms with Crippen LogP contribution in [0.5, 0.6) is 0 Å². The third-order valence-electron chi connectivity index (χ3n) is 2.53. The number of benzene rings is 1. The quantitative estimate of drug-likeness (QED) is 0.661. The maximum absolute atomic E-state index is 11.6. The fourth-order valence-electron chi connectivity index (χ4n) is 1.22. The average molecular weight is 274 g/mol. The van der Waals surface area contributed by atoms with E-state index in [9.17, 15) is 4.79 Å². The predicted octanol–water partition coefficient (Wildman–Crippen LogP) is 2.58. The monoisotopic (exact) mass is 273 g/mol. The fourth-order valence-corrected chi connectivity index (χ4v) is 2.39. The Kier molecular flexibility index (Phi) is 5.31. The van der Waals surface area contributed by atoms with Crippen LogP contribution in [-0.4, -0.2) is 31.4 Å². The number of carbonyl (C=O) groups excluding carboxylic acids is 1. The van der Waals surface area contributed by atoms with Gasteiger partial charge in [-0.3, -0.25) is 4.79 Å². The lowest BCUT2D eigenvalue weighted by Crippen LogP contribution is -2.50. The Bertz CT molecular complexity index is 383. The van der Waals surface area contributed by atoms with E-state index in [1.807, 2.05) is 31.2 Å². The number of ether oxygens (including phenoxy) is 1. The van der Waals surface area contributed by atoms with Crippen LogP contribution >= 0.6 is 23.4 Å². The summed E-state index contributed by atoms with van der Waals surface area (Å²) in [6, 6.07) is 7.53. The minimum absolute atomic E-state index is 0.263. The Morgan fingerprint density at radius 2 is 2.06 bits per heavy atom. The van der Waals surface area contributed by atoms with Crippen molar-refractivity contribution < 1.29 is 9.53 Å². The Morgan fingerprint density at radius 1 is 1.47 bits per heavy atom. The molecule has 94 valence electrons. The second kappa shape index (κ2) is 6.28. The number of halogens is 1. The fraction of sp³-hybridized carbons (Fsp3) is 0.417. The van der Waals surface area contributed by atoms with E-state index in [0.29, 0.717) is 10.8 Å². The molecule has 17 heavy (non-hydrogen) atoms. The van der Waals surface area contributed by atoms with Crippen molar-refractivity contribution >= 4 is 29.3 Å². The Morgan fingerprint density at radius 3 is 2.53 bits per heavy atom. The molecule has 3 nitrogen and oxygen atoms in total. The van der Waals surface area contributed by atoms with E-state index in [4.69, 9.17) is 16.3 Å². The predicted molar refractivity (Wildman–Crippen MR) is 71.7 cm³/mol. The third kappa shape index (κ3) is 3.91. The average Bonchev–Trinajstić information content (AvgIpc) is 2.36. The first-order valence-corrected chi connectivity index (χ1v) is 6.54. The van der Waals surface area contributed by atoms with Gasteiger partial charge in [-0.1, -0.05) is 11.6 Å². The molecule has 0 aromatic heterocycles. The molecule has 0 aliphatic heterocycles. The molecule has 0 amide bonds. The van der Waals surface area contributed by atoms with Crippen molar-refractivity contribution in [3.8, 4) is 0 Å². The van der Waals surface area contributed by atoms with Crippen molar-refractivity contribution in [2.75, 3.05) is 19.9 Å². The van der Waals surface area contributed by atoms with Crippen molar-refractivity contribution in [2.45, 2.75) is 17.4 Å². The lowest BCUT2D eigenvalue weighted by atomic mass is 10.1. The van der Waals surface area contributed by atoms with Crippen molar-refractivity contribution in [1.82, 2.24) is 5.32 Å². The summed E-state index contributed by atoms with van der Waals surface area (Å²) < 4.78 is 4.78. The molecule has 1 unspecified atom stereocenters. The normalized spacial score (nSPS) is 14.1. The highest BCUT2D eigenvalue weighted by atomic mass is 35.5. The van der Waals surface area contributed by atoms with Gasteiger partial charge in [-0.25, -0.2) is 0 Å². The molecule has 5 heteroatoms. The summed E-state index contributed by atoms with van der Waals surface area (Å²) in [5.74, 6) is 0.333. The van der Waals surface area contributed by atoms with Gasteiger partial charge in [0.15, 0.2) is 0 Å². The van der Waals surface area contributed by atoms with Crippen molar-refractivity contribution in [1.29, 1.82) is 0 Å². The van der Waals surface area contributed by atoms with Gasteiger partial charge in [0.1, 0.15) is 5.54 Å². The van der Waals surface area contributed by atoms with E-state index in [-0.39, 0.29) is 5.97 Å². The van der Waals surface area contributed by atoms with Crippen LogP contribution in [0.3, 0.4) is 0 Å². The maximum atomic E-state index is 11.6. The zero-order chi connectivity index (χ0) is 12.9. The van der Waals surface area contributed by atoms with Crippen LogP contribution in [0.2, 0.25) is 5.02 Å². The van der Waals surface area contributed by atoms with Gasteiger partial charge in [-0.05, 0) is 38.2 Å². The minimum atomic E-state index is -0.681. The first kappa shape index (κ1) is 14.4. The first-order valence-electron chi connectivity index (χ1n) is 5.17. The zero-order valence-electron chi connectivity index (χ0n) is 10.1. The van der Waals surface area contributed by atoms with Crippen LogP contribution in [0.4, 0.5) is 0 Å². The van der Waals surface area contributed by atoms with Gasteiger partial charge >= 0.3 is 5.97 Å². The molecule has 0 bridgehead atoms. The molecule has 1 atom stereocenters. The Balaban J connectivity index is 2.65. The summed E-state index contributed by atoms with van der Waals surface area (Å²) in [5.41, 5.74) is -0.681. The van der Waals surface area contributed by atoms with Gasteiger partial charge < -0.3 is 10.1 Å². The molecule has 0 saturated heterocycles. The lowest BCUT2D eigenvalue weighted by Gasteiger charge is -2.25. The summed E-state index contributed by atoms with van der Waals surface area (Å²) in [6.45, 7) is 1.82. The van der Waals surface area contributed by atoms with Crippen LogP contribution in [-0.2, 0) is 9.53 Å². The van der Waals surface area contributed by atoms with Gasteiger partial charge in [-0.15, -0.1) is 11.8 Å². The Labute approximate surface area is 111 Å². The van der Waals surface area contributed by atoms with Crippen LogP contribution < -0.4 is 5.32 Å². The second-order valence-corrected chi connectivity index (χ2v) is 5.30. The third-order valence-corrected chi connectivity index (χ3v) is 4.11. The molecular formula is C12H16ClNO2S. The summed E-state index contributed by atoms with van der Waals surface area (Å²) in [5, 5.41) is 3.70. The first-order chi connectivity index (χ1) is 8.01. The van der Waals surface area contributed by atoms with Crippen molar-refractivity contribution in [2.24, 2.45) is 0 Å². The van der Waals surface area contributed by atoms with Gasteiger partial charge in [0.25, 0.3) is 0 Å². The van der Waals surface area contributed by atoms with Crippen LogP contribution in [0, 0.1) is 0 Å². The molecule has 1 aromatic carbocycles. The van der Waals surface area contributed by atoms with Crippen molar-refractivity contribution in [3.63, 3.8) is 0 Å². The van der Waals surface area contributed by atoms with Crippen LogP contribution in [0.15, 0.2) is 29.2 Å². The molecule has 1 rings (SSSR count). The minimum Gasteiger partial charge on any atom is -0.468 e. The molecule has 1 N–H and O–H groups in total. The number of methoxy groups -OCH3 is 1. The van der Waals surface area contributed by atoms with Gasteiger partial charge in [0, 0.05) is 15.7 Å². The van der Waals surface area contributed by atoms with E-state index < -0.39 is 5.54 Å². The van der Waals surface area contributed by atoms with Gasteiger partial charge in [0.05, 0.1) is 7.11 Å². The van der Waals surface area contributed by atoms with Gasteiger partial charge in [-0.2, -0.15) is 0 Å². The number of nitrogens with one attached hydrogen (secondary N) is 1. The number of likely N-dealkylation sites (N-methyl/N-ethyl adjacent to an activating group) is 1. The number of hydrogen-bond donors (Lipinski definition) is 1. The number of esters is 1. The highest BCUT2D eigenvalue weighted by Crippen LogP contribution is 2.24. The van der Waals surface area contributed by atoms with E-state index in [0.717, 1.165) is 4.90 Å². The second-order valence-electron chi connectivity index (χ2n) is 3.82. The molecule has 0 aliphatic carbocycles. The zero-order valence-corrected chi connectivity index (χ0v) is 11.7. The topological polar surface area (TPSA) is 38.3 Å². The summed E-state index contributed by atoms with van der Waals surface area (Å²) in [6.07, 6.45) is 0. The van der Waals surface area contributed by atoms with E-state index in [1.54, 1.807) is 18.8 Å². The van der Waals surface area contributed by atoms with E-state index >= 15 is 0 Å². The Hall–Kier alpha value is -0.710. The molecule has 0 heterocycles. The summed E-state index contributed by atoms with van der Waals surface area (Å²) in [7, 11) is 3.14. The summed E-state index contributed by atoms with van der Waals surface area (Å²) in [4.78, 5) is 12.7. The number of carbonyl (C=O) groups is 1. The standard InChI is InChI=1S/C12H16ClNO2S/c1-12(14-2,11(15)16-3)8-17-10-6-4-9(13)5-7-10/h4-7,14H,8H2,1-3H3. The molecular weight excluding hydrogens is 258 g/mol. The molecule has 0 aliphatic rings. The van der Waals surface area contributed by atoms with Gasteiger partial charge in [0.2, 0.25) is 0 Å². The molecule has 0 radical (unpaired) electrons. The summed E-state index contributed by atoms with van der Waals surface area (Å²) >= 11 is 7.39. The molecule has 0 fully saturated rings.